The van der Waals surface area contributed by atoms with E-state index in [1.165, 1.54) is 0 Å². The van der Waals surface area contributed by atoms with Crippen LogP contribution < -0.4 is 10.2 Å². The fourth-order valence-corrected chi connectivity index (χ4v) is 3.54. The number of ether oxygens (including phenoxy) is 1. The normalized spacial score (nSPS) is 25.0. The van der Waals surface area contributed by atoms with Gasteiger partial charge in [0.25, 0.3) is 0 Å². The van der Waals surface area contributed by atoms with Crippen molar-refractivity contribution in [2.45, 2.75) is 31.6 Å². The minimum absolute atomic E-state index is 0.0389. The van der Waals surface area contributed by atoms with Gasteiger partial charge in [0.2, 0.25) is 11.9 Å². The van der Waals surface area contributed by atoms with Crippen LogP contribution in [0.1, 0.15) is 18.5 Å². The van der Waals surface area contributed by atoms with Crippen LogP contribution in [-0.4, -0.2) is 46.2 Å². The molecule has 4 heterocycles. The van der Waals surface area contributed by atoms with Crippen LogP contribution in [0, 0.1) is 11.7 Å². The summed E-state index contributed by atoms with van der Waals surface area (Å²) in [7, 11) is 0. The summed E-state index contributed by atoms with van der Waals surface area (Å²) in [4.78, 5) is 26.6. The van der Waals surface area contributed by atoms with E-state index in [1.54, 1.807) is 6.20 Å². The van der Waals surface area contributed by atoms with Crippen LogP contribution in [0.15, 0.2) is 36.8 Å². The molecule has 2 saturated heterocycles. The third-order valence-corrected chi connectivity index (χ3v) is 4.90. The molecule has 2 aromatic heterocycles. The van der Waals surface area contributed by atoms with E-state index in [1.807, 2.05) is 23.1 Å². The first kappa shape index (κ1) is 16.8. The van der Waals surface area contributed by atoms with E-state index in [4.69, 9.17) is 4.74 Å². The maximum Gasteiger partial charge on any atom is 0.249 e. The number of nitrogens with zero attached hydrogens (tertiary/aromatic N) is 4. The first-order valence-electron chi connectivity index (χ1n) is 8.74. The summed E-state index contributed by atoms with van der Waals surface area (Å²) in [5.41, 5.74) is 0.816. The van der Waals surface area contributed by atoms with E-state index in [9.17, 15) is 9.18 Å². The molecule has 0 unspecified atom stereocenters. The van der Waals surface area contributed by atoms with Gasteiger partial charge in [0.15, 0.2) is 5.82 Å². The fourth-order valence-electron chi connectivity index (χ4n) is 3.54. The molecule has 7 nitrogen and oxygen atoms in total. The Morgan fingerprint density at radius 1 is 1.31 bits per heavy atom. The number of amides is 1. The molecule has 2 aromatic rings. The maximum atomic E-state index is 13.0. The van der Waals surface area contributed by atoms with E-state index in [0.717, 1.165) is 37.5 Å². The van der Waals surface area contributed by atoms with Gasteiger partial charge >= 0.3 is 0 Å². The highest BCUT2D eigenvalue weighted by Crippen LogP contribution is 2.34. The fraction of sp³-hybridized carbons (Fsp3) is 0.444. The Balaban J connectivity index is 1.32. The third-order valence-electron chi connectivity index (χ3n) is 4.90. The average molecular weight is 357 g/mol. The Bertz CT molecular complexity index is 758. The number of pyridine rings is 1. The minimum atomic E-state index is -0.453. The summed E-state index contributed by atoms with van der Waals surface area (Å²) in [5, 5.41) is 2.89. The van der Waals surface area contributed by atoms with Gasteiger partial charge in [0.1, 0.15) is 6.10 Å². The number of aromatic nitrogens is 3. The molecule has 1 N–H and O–H groups in total. The SMILES string of the molecule is O=C(NCc1ccccn1)[C@@H]1C[C@H]2CCN(c3ncc(F)cn3)C[C@@H]2O1. The first-order valence-corrected chi connectivity index (χ1v) is 8.74. The monoisotopic (exact) mass is 357 g/mol. The zero-order chi connectivity index (χ0) is 17.9. The molecule has 1 amide bonds. The molecule has 8 heteroatoms. The third kappa shape index (κ3) is 3.65. The zero-order valence-corrected chi connectivity index (χ0v) is 14.2. The molecule has 2 aliphatic rings. The number of hydrogen-bond acceptors (Lipinski definition) is 6. The van der Waals surface area contributed by atoms with Gasteiger partial charge in [-0.25, -0.2) is 14.4 Å². The molecule has 136 valence electrons. The van der Waals surface area contributed by atoms with Crippen molar-refractivity contribution in [2.75, 3.05) is 18.0 Å². The lowest BCUT2D eigenvalue weighted by molar-refractivity contribution is -0.132. The quantitative estimate of drug-likeness (QED) is 0.889. The number of hydrogen-bond donors (Lipinski definition) is 1. The highest BCUT2D eigenvalue weighted by Gasteiger charge is 2.42. The Morgan fingerprint density at radius 2 is 2.15 bits per heavy atom. The number of rotatable bonds is 4. The van der Waals surface area contributed by atoms with Crippen molar-refractivity contribution in [2.24, 2.45) is 5.92 Å². The van der Waals surface area contributed by atoms with E-state index in [-0.39, 0.29) is 12.0 Å². The molecule has 0 bridgehead atoms. The van der Waals surface area contributed by atoms with Gasteiger partial charge in [-0.2, -0.15) is 0 Å². The smallest absolute Gasteiger partial charge is 0.249 e. The molecule has 26 heavy (non-hydrogen) atoms. The van der Waals surface area contributed by atoms with Gasteiger partial charge in [0, 0.05) is 19.3 Å². The van der Waals surface area contributed by atoms with Crippen LogP contribution in [0.3, 0.4) is 0 Å². The Kier molecular flexibility index (Phi) is 4.75. The average Bonchev–Trinajstić information content (AvgIpc) is 3.11. The van der Waals surface area contributed by atoms with Gasteiger partial charge in [-0.05, 0) is 30.9 Å². The van der Waals surface area contributed by atoms with Crippen LogP contribution >= 0.6 is 0 Å². The zero-order valence-electron chi connectivity index (χ0n) is 14.2. The Hall–Kier alpha value is -2.61. The van der Waals surface area contributed by atoms with Crippen LogP contribution in [-0.2, 0) is 16.1 Å². The Labute approximate surface area is 150 Å². The summed E-state index contributed by atoms with van der Waals surface area (Å²) in [6.45, 7) is 1.78. The van der Waals surface area contributed by atoms with Crippen molar-refractivity contribution in [3.63, 3.8) is 0 Å². The highest BCUT2D eigenvalue weighted by atomic mass is 19.1. The van der Waals surface area contributed by atoms with Crippen molar-refractivity contribution < 1.29 is 13.9 Å². The Morgan fingerprint density at radius 3 is 2.92 bits per heavy atom. The van der Waals surface area contributed by atoms with Gasteiger partial charge < -0.3 is 15.0 Å². The number of carbonyl (C=O) groups is 1. The molecule has 4 rings (SSSR count). The second-order valence-electron chi connectivity index (χ2n) is 6.63. The van der Waals surface area contributed by atoms with Crippen molar-refractivity contribution >= 4 is 11.9 Å². The molecule has 0 spiro atoms. The lowest BCUT2D eigenvalue weighted by Gasteiger charge is -2.33. The van der Waals surface area contributed by atoms with Gasteiger partial charge in [-0.15, -0.1) is 0 Å². The van der Waals surface area contributed by atoms with Crippen LogP contribution in [0.5, 0.6) is 0 Å². The molecule has 0 radical (unpaired) electrons. The molecule has 3 atom stereocenters. The predicted molar refractivity (Wildman–Crippen MR) is 91.7 cm³/mol. The lowest BCUT2D eigenvalue weighted by atomic mass is 9.92. The number of fused-ring (bicyclic) bond motifs is 1. The second kappa shape index (κ2) is 7.33. The van der Waals surface area contributed by atoms with Crippen LogP contribution in [0.2, 0.25) is 0 Å². The summed E-state index contributed by atoms with van der Waals surface area (Å²) < 4.78 is 19.0. The largest absolute Gasteiger partial charge is 0.363 e. The molecular formula is C18H20FN5O2. The molecule has 0 aromatic carbocycles. The predicted octanol–water partition coefficient (Wildman–Crippen LogP) is 1.31. The number of carbonyl (C=O) groups excluding carboxylic acids is 1. The molecular weight excluding hydrogens is 337 g/mol. The molecule has 2 aliphatic heterocycles. The van der Waals surface area contributed by atoms with E-state index in [0.29, 0.717) is 25.0 Å². The summed E-state index contributed by atoms with van der Waals surface area (Å²) in [5.74, 6) is 0.286. The second-order valence-corrected chi connectivity index (χ2v) is 6.63. The van der Waals surface area contributed by atoms with Crippen molar-refractivity contribution in [1.29, 1.82) is 0 Å². The molecule has 2 fully saturated rings. The van der Waals surface area contributed by atoms with Crippen molar-refractivity contribution in [1.82, 2.24) is 20.3 Å². The standard InChI is InChI=1S/C18H20FN5O2/c19-13-8-22-18(23-9-13)24-6-4-12-7-15(26-16(12)11-24)17(25)21-10-14-3-1-2-5-20-14/h1-3,5,8-9,12,15-16H,4,6-7,10-11H2,(H,21,25)/t12-,15+,16+/m1/s1. The van der Waals surface area contributed by atoms with E-state index < -0.39 is 11.9 Å². The van der Waals surface area contributed by atoms with E-state index >= 15 is 0 Å². The number of piperidine rings is 1. The van der Waals surface area contributed by atoms with Crippen molar-refractivity contribution in [3.8, 4) is 0 Å². The first-order chi connectivity index (χ1) is 12.7. The molecule has 0 aliphatic carbocycles. The number of anilines is 1. The number of halogens is 1. The van der Waals surface area contributed by atoms with E-state index in [2.05, 4.69) is 20.3 Å². The van der Waals surface area contributed by atoms with Gasteiger partial charge in [-0.1, -0.05) is 6.07 Å². The summed E-state index contributed by atoms with van der Waals surface area (Å²) in [6, 6.07) is 5.60. The molecule has 0 saturated carbocycles. The number of nitrogens with one attached hydrogen (secondary N) is 1. The topological polar surface area (TPSA) is 80.2 Å². The van der Waals surface area contributed by atoms with Crippen LogP contribution in [0.25, 0.3) is 0 Å². The van der Waals surface area contributed by atoms with Crippen molar-refractivity contribution in [3.05, 3.63) is 48.3 Å². The lowest BCUT2D eigenvalue weighted by Crippen LogP contribution is -2.43. The van der Waals surface area contributed by atoms with Gasteiger partial charge in [-0.3, -0.25) is 9.78 Å². The van der Waals surface area contributed by atoms with Gasteiger partial charge in [0.05, 0.1) is 30.7 Å². The van der Waals surface area contributed by atoms with Crippen LogP contribution in [0.4, 0.5) is 10.3 Å². The maximum absolute atomic E-state index is 13.0. The summed E-state index contributed by atoms with van der Waals surface area (Å²) in [6.07, 6.45) is 5.17. The minimum Gasteiger partial charge on any atom is -0.363 e. The highest BCUT2D eigenvalue weighted by molar-refractivity contribution is 5.81. The summed E-state index contributed by atoms with van der Waals surface area (Å²) >= 11 is 0.